The molecule has 0 aliphatic carbocycles. The smallest absolute Gasteiger partial charge is 0.306 e. The number of unbranched alkanes of at least 4 members (excludes halogenated alkanes) is 32. The van der Waals surface area contributed by atoms with Crippen molar-refractivity contribution in [2.45, 2.75) is 307 Å². The van der Waals surface area contributed by atoms with Crippen LogP contribution < -0.4 is 5.32 Å². The highest BCUT2D eigenvalue weighted by Crippen LogP contribution is 2.26. The summed E-state index contributed by atoms with van der Waals surface area (Å²) in [5, 5.41) is 56.6. The molecule has 1 aliphatic rings. The zero-order valence-corrected chi connectivity index (χ0v) is 42.1. The summed E-state index contributed by atoms with van der Waals surface area (Å²) in [5.74, 6) is -1.18. The van der Waals surface area contributed by atoms with Crippen LogP contribution in [0.25, 0.3) is 0 Å². The van der Waals surface area contributed by atoms with Crippen molar-refractivity contribution in [1.82, 2.24) is 5.32 Å². The van der Waals surface area contributed by atoms with Crippen molar-refractivity contribution in [3.63, 3.8) is 0 Å². The first-order chi connectivity index (χ1) is 31.7. The van der Waals surface area contributed by atoms with E-state index < -0.39 is 67.4 Å². The lowest BCUT2D eigenvalue weighted by Crippen LogP contribution is -2.61. The highest BCUT2D eigenvalue weighted by Gasteiger charge is 2.47. The van der Waals surface area contributed by atoms with Crippen LogP contribution in [0.4, 0.5) is 0 Å². The van der Waals surface area contributed by atoms with Gasteiger partial charge >= 0.3 is 5.97 Å². The van der Waals surface area contributed by atoms with Crippen LogP contribution in [0.15, 0.2) is 12.2 Å². The quantitative estimate of drug-likeness (QED) is 0.0196. The third-order valence-electron chi connectivity index (χ3n) is 13.2. The fourth-order valence-corrected chi connectivity index (χ4v) is 8.77. The Hall–Kier alpha value is -1.60. The van der Waals surface area contributed by atoms with Gasteiger partial charge in [0.2, 0.25) is 5.91 Å². The standard InChI is InChI=1S/C54H103NO10/c1-4-7-10-13-16-19-22-24-27-30-33-36-39-42-49(59)65-52-51(61)50(60)48(43-56)64-54(52)63-44-45(46(57)40-37-34-31-28-25-21-18-15-12-9-6-3)55-53(62)47(58)41-38-35-32-29-26-23-20-17-14-11-8-5-2/h37,40,45-48,50-52,54,56-58,60-61H,4-36,38-39,41-44H2,1-3H3,(H,55,62)/b40-37+. The number of nitrogens with one attached hydrogen (secondary N) is 1. The van der Waals surface area contributed by atoms with Crippen LogP contribution in [0.2, 0.25) is 0 Å². The van der Waals surface area contributed by atoms with Gasteiger partial charge in [-0.25, -0.2) is 0 Å². The molecule has 11 nitrogen and oxygen atoms in total. The Morgan fingerprint density at radius 2 is 1.00 bits per heavy atom. The van der Waals surface area contributed by atoms with Gasteiger partial charge in [-0.15, -0.1) is 0 Å². The molecule has 0 aromatic heterocycles. The maximum Gasteiger partial charge on any atom is 0.306 e. The number of hydrogen-bond acceptors (Lipinski definition) is 10. The molecule has 0 radical (unpaired) electrons. The molecule has 8 atom stereocenters. The lowest BCUT2D eigenvalue weighted by molar-refractivity contribution is -0.305. The minimum Gasteiger partial charge on any atom is -0.454 e. The monoisotopic (exact) mass is 926 g/mol. The van der Waals surface area contributed by atoms with E-state index in [0.717, 1.165) is 57.8 Å². The molecule has 11 heteroatoms. The number of amides is 1. The highest BCUT2D eigenvalue weighted by atomic mass is 16.7. The molecule has 1 saturated heterocycles. The molecule has 6 N–H and O–H groups in total. The Balaban J connectivity index is 2.75. The molecule has 1 aliphatic heterocycles. The van der Waals surface area contributed by atoms with Crippen molar-refractivity contribution in [3.05, 3.63) is 12.2 Å². The summed E-state index contributed by atoms with van der Waals surface area (Å²) in [6.45, 7) is 5.77. The van der Waals surface area contributed by atoms with Crippen molar-refractivity contribution in [3.8, 4) is 0 Å². The van der Waals surface area contributed by atoms with Gasteiger partial charge in [-0.05, 0) is 25.7 Å². The Morgan fingerprint density at radius 1 is 0.585 bits per heavy atom. The van der Waals surface area contributed by atoms with Gasteiger partial charge in [-0.1, -0.05) is 238 Å². The number of carbonyl (C=O) groups is 2. The van der Waals surface area contributed by atoms with Gasteiger partial charge < -0.3 is 45.1 Å². The van der Waals surface area contributed by atoms with E-state index in [1.807, 2.05) is 6.08 Å². The molecule has 1 heterocycles. The van der Waals surface area contributed by atoms with E-state index >= 15 is 0 Å². The van der Waals surface area contributed by atoms with Gasteiger partial charge in [-0.2, -0.15) is 0 Å². The fourth-order valence-electron chi connectivity index (χ4n) is 8.77. The summed E-state index contributed by atoms with van der Waals surface area (Å²) in [6, 6.07) is -1.01. The Morgan fingerprint density at radius 3 is 1.45 bits per heavy atom. The van der Waals surface area contributed by atoms with E-state index in [-0.39, 0.29) is 13.0 Å². The first-order valence-electron chi connectivity index (χ1n) is 27.5. The molecule has 8 unspecified atom stereocenters. The van der Waals surface area contributed by atoms with Crippen molar-refractivity contribution < 1.29 is 49.3 Å². The Labute approximate surface area is 398 Å². The van der Waals surface area contributed by atoms with Crippen molar-refractivity contribution in [1.29, 1.82) is 0 Å². The largest absolute Gasteiger partial charge is 0.454 e. The molecular formula is C54H103NO10. The van der Waals surface area contributed by atoms with Crippen molar-refractivity contribution >= 4 is 11.9 Å². The van der Waals surface area contributed by atoms with Crippen LogP contribution in [0.3, 0.4) is 0 Å². The molecule has 0 spiro atoms. The van der Waals surface area contributed by atoms with Crippen molar-refractivity contribution in [2.75, 3.05) is 13.2 Å². The van der Waals surface area contributed by atoms with E-state index in [0.29, 0.717) is 19.3 Å². The SMILES string of the molecule is CCCCCCCCCCC/C=C/C(O)C(COC1OC(CO)C(O)C(O)C1OC(=O)CCCCCCCCCCCCCCC)NC(=O)C(O)CCCCCCCCCCCCCC. The summed E-state index contributed by atoms with van der Waals surface area (Å²) in [4.78, 5) is 26.3. The maximum absolute atomic E-state index is 13.3. The van der Waals surface area contributed by atoms with Gasteiger partial charge in [0.15, 0.2) is 12.4 Å². The molecule has 0 aromatic carbocycles. The summed E-state index contributed by atoms with van der Waals surface area (Å²) < 4.78 is 17.5. The summed E-state index contributed by atoms with van der Waals surface area (Å²) in [5.41, 5.74) is 0. The summed E-state index contributed by atoms with van der Waals surface area (Å²) >= 11 is 0. The average molecular weight is 926 g/mol. The second-order valence-electron chi connectivity index (χ2n) is 19.3. The van der Waals surface area contributed by atoms with Crippen LogP contribution in [-0.4, -0.2) is 99.6 Å². The van der Waals surface area contributed by atoms with E-state index in [2.05, 4.69) is 26.1 Å². The molecule has 0 bridgehead atoms. The average Bonchev–Trinajstić information content (AvgIpc) is 3.30. The summed E-state index contributed by atoms with van der Waals surface area (Å²) in [6.07, 6.45) is 35.5. The number of rotatable bonds is 46. The number of esters is 1. The number of ether oxygens (including phenoxy) is 3. The van der Waals surface area contributed by atoms with Gasteiger partial charge in [0, 0.05) is 6.42 Å². The van der Waals surface area contributed by atoms with Gasteiger partial charge in [-0.3, -0.25) is 9.59 Å². The lowest BCUT2D eigenvalue weighted by Gasteiger charge is -2.41. The third kappa shape index (κ3) is 32.7. The zero-order chi connectivity index (χ0) is 47.6. The van der Waals surface area contributed by atoms with E-state index in [4.69, 9.17) is 14.2 Å². The first kappa shape index (κ1) is 61.4. The zero-order valence-electron chi connectivity index (χ0n) is 42.1. The minimum absolute atomic E-state index is 0.130. The maximum atomic E-state index is 13.3. The number of aliphatic hydroxyl groups is 5. The Kier molecular flexibility index (Phi) is 41.3. The van der Waals surface area contributed by atoms with Crippen LogP contribution in [0.5, 0.6) is 0 Å². The van der Waals surface area contributed by atoms with Crippen LogP contribution >= 0.6 is 0 Å². The second kappa shape index (κ2) is 43.7. The Bertz CT molecular complexity index is 1110. The second-order valence-corrected chi connectivity index (χ2v) is 19.3. The molecule has 65 heavy (non-hydrogen) atoms. The van der Waals surface area contributed by atoms with Gasteiger partial charge in [0.05, 0.1) is 25.4 Å². The highest BCUT2D eigenvalue weighted by molar-refractivity contribution is 5.80. The van der Waals surface area contributed by atoms with E-state index in [1.54, 1.807) is 6.08 Å². The molecule has 1 amide bonds. The number of carbonyl (C=O) groups excluding carboxylic acids is 2. The lowest BCUT2D eigenvalue weighted by atomic mass is 9.99. The molecule has 384 valence electrons. The first-order valence-corrected chi connectivity index (χ1v) is 27.5. The van der Waals surface area contributed by atoms with E-state index in [9.17, 15) is 35.1 Å². The number of allylic oxidation sites excluding steroid dienone is 1. The molecule has 1 rings (SSSR count). The molecular weight excluding hydrogens is 823 g/mol. The number of hydrogen-bond donors (Lipinski definition) is 6. The van der Waals surface area contributed by atoms with Gasteiger partial charge in [0.25, 0.3) is 0 Å². The molecule has 1 fully saturated rings. The molecule has 0 aromatic rings. The van der Waals surface area contributed by atoms with Gasteiger partial charge in [0.1, 0.15) is 24.4 Å². The minimum atomic E-state index is -1.60. The predicted octanol–water partition coefficient (Wildman–Crippen LogP) is 11.6. The predicted molar refractivity (Wildman–Crippen MR) is 265 cm³/mol. The van der Waals surface area contributed by atoms with Crippen molar-refractivity contribution in [2.24, 2.45) is 0 Å². The van der Waals surface area contributed by atoms with Crippen LogP contribution in [0, 0.1) is 0 Å². The van der Waals surface area contributed by atoms with Crippen LogP contribution in [-0.2, 0) is 23.8 Å². The van der Waals surface area contributed by atoms with E-state index in [1.165, 1.54) is 154 Å². The fraction of sp³-hybridized carbons (Fsp3) is 0.926. The third-order valence-corrected chi connectivity index (χ3v) is 13.2. The topological polar surface area (TPSA) is 175 Å². The molecule has 0 saturated carbocycles. The normalized spacial score (nSPS) is 20.3. The summed E-state index contributed by atoms with van der Waals surface area (Å²) in [7, 11) is 0. The van der Waals surface area contributed by atoms with Crippen LogP contribution in [0.1, 0.15) is 258 Å². The number of aliphatic hydroxyl groups excluding tert-OH is 5.